The molecule has 0 aromatic carbocycles. The van der Waals surface area contributed by atoms with Crippen molar-refractivity contribution in [1.82, 2.24) is 10.2 Å². The van der Waals surface area contributed by atoms with Crippen LogP contribution in [0.5, 0.6) is 0 Å². The van der Waals surface area contributed by atoms with E-state index in [1.807, 2.05) is 0 Å². The van der Waals surface area contributed by atoms with E-state index in [9.17, 15) is 0 Å². The van der Waals surface area contributed by atoms with Gasteiger partial charge in [0.25, 0.3) is 0 Å². The second-order valence-electron chi connectivity index (χ2n) is 3.54. The normalized spacial score (nSPS) is 43.8. The summed E-state index contributed by atoms with van der Waals surface area (Å²) in [5.41, 5.74) is 0. The first-order chi connectivity index (χ1) is 4.61. The summed E-state index contributed by atoms with van der Waals surface area (Å²) in [5.74, 6) is 0. The minimum absolute atomic E-state index is 0.633. The average molecular weight is 142 g/mol. The standard InChI is InChI=1S/C8H18N2/c1-6-5-10(4)8(3)7(2)9-6/h6-9H,5H2,1-4H3/t6-,7+,8-/m1/s1. The van der Waals surface area contributed by atoms with Crippen LogP contribution in [0, 0.1) is 0 Å². The van der Waals surface area contributed by atoms with Gasteiger partial charge in [0.05, 0.1) is 0 Å². The third-order valence-corrected chi connectivity index (χ3v) is 2.53. The summed E-state index contributed by atoms with van der Waals surface area (Å²) in [6.45, 7) is 7.92. The zero-order valence-electron chi connectivity index (χ0n) is 7.39. The van der Waals surface area contributed by atoms with Crippen molar-refractivity contribution < 1.29 is 0 Å². The molecule has 2 heteroatoms. The maximum absolute atomic E-state index is 3.52. The van der Waals surface area contributed by atoms with Gasteiger partial charge < -0.3 is 10.2 Å². The number of hydrogen-bond acceptors (Lipinski definition) is 2. The van der Waals surface area contributed by atoms with Crippen molar-refractivity contribution >= 4 is 0 Å². The lowest BCUT2D eigenvalue weighted by Crippen LogP contribution is -2.57. The monoisotopic (exact) mass is 142 g/mol. The van der Waals surface area contributed by atoms with Gasteiger partial charge in [-0.05, 0) is 27.8 Å². The number of likely N-dealkylation sites (N-methyl/N-ethyl adjacent to an activating group) is 1. The zero-order valence-corrected chi connectivity index (χ0v) is 7.39. The number of nitrogens with one attached hydrogen (secondary N) is 1. The first-order valence-electron chi connectivity index (χ1n) is 4.07. The molecule has 1 saturated heterocycles. The van der Waals surface area contributed by atoms with E-state index in [0.717, 1.165) is 0 Å². The number of rotatable bonds is 0. The van der Waals surface area contributed by atoms with E-state index in [0.29, 0.717) is 18.1 Å². The molecular formula is C8H18N2. The van der Waals surface area contributed by atoms with Crippen LogP contribution >= 0.6 is 0 Å². The Morgan fingerprint density at radius 1 is 1.30 bits per heavy atom. The minimum Gasteiger partial charge on any atom is -0.309 e. The average Bonchev–Trinajstić information content (AvgIpc) is 1.82. The number of nitrogens with zero attached hydrogens (tertiary/aromatic N) is 1. The Kier molecular flexibility index (Phi) is 2.32. The van der Waals surface area contributed by atoms with E-state index in [-0.39, 0.29) is 0 Å². The van der Waals surface area contributed by atoms with Crippen molar-refractivity contribution in [3.8, 4) is 0 Å². The van der Waals surface area contributed by atoms with E-state index in [1.165, 1.54) is 6.54 Å². The Hall–Kier alpha value is -0.0800. The fourth-order valence-electron chi connectivity index (χ4n) is 1.62. The van der Waals surface area contributed by atoms with Crippen molar-refractivity contribution in [2.75, 3.05) is 13.6 Å². The lowest BCUT2D eigenvalue weighted by molar-refractivity contribution is 0.141. The van der Waals surface area contributed by atoms with E-state index in [4.69, 9.17) is 0 Å². The molecule has 1 aliphatic heterocycles. The Morgan fingerprint density at radius 2 is 1.90 bits per heavy atom. The quantitative estimate of drug-likeness (QED) is 0.535. The molecule has 0 saturated carbocycles. The zero-order chi connectivity index (χ0) is 7.72. The summed E-state index contributed by atoms with van der Waals surface area (Å²) in [6, 6.07) is 1.96. The first kappa shape index (κ1) is 8.02. The smallest absolute Gasteiger partial charge is 0.0216 e. The molecule has 0 amide bonds. The van der Waals surface area contributed by atoms with Gasteiger partial charge in [-0.25, -0.2) is 0 Å². The van der Waals surface area contributed by atoms with Crippen molar-refractivity contribution in [2.24, 2.45) is 0 Å². The lowest BCUT2D eigenvalue weighted by atomic mass is 10.1. The Morgan fingerprint density at radius 3 is 2.40 bits per heavy atom. The van der Waals surface area contributed by atoms with Gasteiger partial charge in [0, 0.05) is 24.7 Å². The highest BCUT2D eigenvalue weighted by atomic mass is 15.2. The van der Waals surface area contributed by atoms with Gasteiger partial charge in [0.15, 0.2) is 0 Å². The second-order valence-corrected chi connectivity index (χ2v) is 3.54. The number of hydrogen-bond donors (Lipinski definition) is 1. The molecule has 0 bridgehead atoms. The molecule has 1 rings (SSSR count). The van der Waals surface area contributed by atoms with Gasteiger partial charge >= 0.3 is 0 Å². The van der Waals surface area contributed by atoms with Gasteiger partial charge in [0.2, 0.25) is 0 Å². The molecule has 0 aliphatic carbocycles. The van der Waals surface area contributed by atoms with Crippen LogP contribution in [0.15, 0.2) is 0 Å². The van der Waals surface area contributed by atoms with Crippen LogP contribution in [0.4, 0.5) is 0 Å². The first-order valence-corrected chi connectivity index (χ1v) is 4.07. The van der Waals surface area contributed by atoms with Gasteiger partial charge in [-0.3, -0.25) is 0 Å². The summed E-state index contributed by atoms with van der Waals surface area (Å²) in [5, 5.41) is 3.52. The minimum atomic E-state index is 0.633. The van der Waals surface area contributed by atoms with Crippen molar-refractivity contribution in [3.63, 3.8) is 0 Å². The van der Waals surface area contributed by atoms with Crippen LogP contribution in [0.3, 0.4) is 0 Å². The molecule has 1 fully saturated rings. The highest BCUT2D eigenvalue weighted by molar-refractivity contribution is 4.85. The summed E-state index contributed by atoms with van der Waals surface area (Å²) >= 11 is 0. The van der Waals surface area contributed by atoms with Crippen LogP contribution in [-0.4, -0.2) is 36.6 Å². The topological polar surface area (TPSA) is 15.3 Å². The molecular weight excluding hydrogens is 124 g/mol. The van der Waals surface area contributed by atoms with Crippen LogP contribution in [0.25, 0.3) is 0 Å². The molecule has 1 aliphatic rings. The molecule has 1 N–H and O–H groups in total. The maximum Gasteiger partial charge on any atom is 0.0216 e. The molecule has 0 spiro atoms. The summed E-state index contributed by atoms with van der Waals surface area (Å²) < 4.78 is 0. The summed E-state index contributed by atoms with van der Waals surface area (Å²) in [4.78, 5) is 2.41. The molecule has 60 valence electrons. The molecule has 0 radical (unpaired) electrons. The van der Waals surface area contributed by atoms with Gasteiger partial charge in [0.1, 0.15) is 0 Å². The molecule has 0 aromatic rings. The van der Waals surface area contributed by atoms with Gasteiger partial charge in [-0.15, -0.1) is 0 Å². The molecule has 0 unspecified atom stereocenters. The third-order valence-electron chi connectivity index (χ3n) is 2.53. The van der Waals surface area contributed by atoms with E-state index >= 15 is 0 Å². The van der Waals surface area contributed by atoms with Crippen LogP contribution < -0.4 is 5.32 Å². The molecule has 3 atom stereocenters. The summed E-state index contributed by atoms with van der Waals surface area (Å²) in [6.07, 6.45) is 0. The predicted molar refractivity (Wildman–Crippen MR) is 44.2 cm³/mol. The van der Waals surface area contributed by atoms with Crippen LogP contribution in [0.2, 0.25) is 0 Å². The van der Waals surface area contributed by atoms with Crippen LogP contribution in [0.1, 0.15) is 20.8 Å². The predicted octanol–water partition coefficient (Wildman–Crippen LogP) is 0.687. The molecule has 1 heterocycles. The molecule has 0 aromatic heterocycles. The van der Waals surface area contributed by atoms with E-state index in [1.54, 1.807) is 0 Å². The van der Waals surface area contributed by atoms with Gasteiger partial charge in [-0.1, -0.05) is 0 Å². The SMILES string of the molecule is C[C@@H]1CN(C)[C@H](C)[C@H](C)N1. The largest absolute Gasteiger partial charge is 0.309 e. The third kappa shape index (κ3) is 1.50. The van der Waals surface area contributed by atoms with E-state index < -0.39 is 0 Å². The molecule has 2 nitrogen and oxygen atoms in total. The van der Waals surface area contributed by atoms with Crippen molar-refractivity contribution in [3.05, 3.63) is 0 Å². The highest BCUT2D eigenvalue weighted by Gasteiger charge is 2.24. The molecule has 10 heavy (non-hydrogen) atoms. The van der Waals surface area contributed by atoms with Crippen molar-refractivity contribution in [1.29, 1.82) is 0 Å². The van der Waals surface area contributed by atoms with E-state index in [2.05, 4.69) is 38.0 Å². The van der Waals surface area contributed by atoms with Crippen molar-refractivity contribution in [2.45, 2.75) is 38.9 Å². The fourth-order valence-corrected chi connectivity index (χ4v) is 1.62. The Labute approximate surface area is 63.6 Å². The second kappa shape index (κ2) is 2.89. The fraction of sp³-hybridized carbons (Fsp3) is 1.00. The van der Waals surface area contributed by atoms with Crippen LogP contribution in [-0.2, 0) is 0 Å². The number of piperazine rings is 1. The lowest BCUT2D eigenvalue weighted by Gasteiger charge is -2.39. The highest BCUT2D eigenvalue weighted by Crippen LogP contribution is 2.08. The Balaban J connectivity index is 2.49. The van der Waals surface area contributed by atoms with Gasteiger partial charge in [-0.2, -0.15) is 0 Å². The maximum atomic E-state index is 3.52. The summed E-state index contributed by atoms with van der Waals surface area (Å²) in [7, 11) is 2.19. The Bertz CT molecular complexity index is 102.